The number of hydrogen-bond donors (Lipinski definition) is 2. The van der Waals surface area contributed by atoms with Gasteiger partial charge in [-0.3, -0.25) is 9.32 Å². The van der Waals surface area contributed by atoms with E-state index in [-0.39, 0.29) is 12.4 Å². The van der Waals surface area contributed by atoms with Crippen molar-refractivity contribution in [1.29, 1.82) is 0 Å². The average Bonchev–Trinajstić information content (AvgIpc) is 2.33. The second kappa shape index (κ2) is 6.50. The first-order chi connectivity index (χ1) is 9.15. The lowest BCUT2D eigenvalue weighted by atomic mass is 9.91. The number of phosphoric ester groups is 1. The van der Waals surface area contributed by atoms with Crippen LogP contribution in [0.15, 0.2) is 24.3 Å². The predicted molar refractivity (Wildman–Crippen MR) is 72.9 cm³/mol. The van der Waals surface area contributed by atoms with Gasteiger partial charge in [0, 0.05) is 6.42 Å². The Kier molecular flexibility index (Phi) is 5.48. The van der Waals surface area contributed by atoms with E-state index >= 15 is 0 Å². The van der Waals surface area contributed by atoms with Gasteiger partial charge in [0.1, 0.15) is 0 Å². The van der Waals surface area contributed by atoms with Crippen molar-refractivity contribution in [3.05, 3.63) is 35.4 Å². The molecule has 0 amide bonds. The van der Waals surface area contributed by atoms with Gasteiger partial charge in [-0.1, -0.05) is 24.3 Å². The molecule has 0 aliphatic heterocycles. The molecule has 1 rings (SSSR count). The molecule has 0 atom stereocenters. The molecule has 0 aliphatic carbocycles. The summed E-state index contributed by atoms with van der Waals surface area (Å²) in [7, 11) is -3.29. The first-order valence-electron chi connectivity index (χ1n) is 6.07. The maximum absolute atomic E-state index is 11.2. The number of ether oxygens (including phenoxy) is 1. The van der Waals surface area contributed by atoms with Crippen LogP contribution in [0.2, 0.25) is 0 Å². The highest BCUT2D eigenvalue weighted by atomic mass is 31.2. The number of benzene rings is 1. The number of esters is 1. The minimum absolute atomic E-state index is 0.194. The number of aryl methyl sites for hydroxylation is 1. The molecule has 7 heteroatoms. The van der Waals surface area contributed by atoms with Crippen molar-refractivity contribution < 1.29 is 28.4 Å². The topological polar surface area (TPSA) is 93.1 Å². The van der Waals surface area contributed by atoms with Crippen molar-refractivity contribution in [2.75, 3.05) is 7.11 Å². The molecule has 0 unspecified atom stereocenters. The summed E-state index contributed by atoms with van der Waals surface area (Å²) in [6.45, 7) is 3.14. The zero-order valence-electron chi connectivity index (χ0n) is 11.7. The van der Waals surface area contributed by atoms with Crippen LogP contribution >= 0.6 is 7.82 Å². The molecule has 0 bridgehead atoms. The van der Waals surface area contributed by atoms with Gasteiger partial charge in [-0.2, -0.15) is 0 Å². The molecule has 2 N–H and O–H groups in total. The van der Waals surface area contributed by atoms with E-state index < -0.39 is 13.4 Å². The fourth-order valence-corrected chi connectivity index (χ4v) is 2.70. The summed E-state index contributed by atoms with van der Waals surface area (Å²) in [6, 6.07) is 7.07. The van der Waals surface area contributed by atoms with Crippen LogP contribution in [0, 0.1) is 0 Å². The lowest BCUT2D eigenvalue weighted by molar-refractivity contribution is -0.140. The van der Waals surface area contributed by atoms with Crippen molar-refractivity contribution in [2.45, 2.75) is 32.3 Å². The van der Waals surface area contributed by atoms with E-state index in [0.29, 0.717) is 12.0 Å². The average molecular weight is 302 g/mol. The van der Waals surface area contributed by atoms with Crippen LogP contribution < -0.4 is 0 Å². The molecular weight excluding hydrogens is 283 g/mol. The highest BCUT2D eigenvalue weighted by molar-refractivity contribution is 7.46. The van der Waals surface area contributed by atoms with Crippen molar-refractivity contribution in [3.8, 4) is 0 Å². The Morgan fingerprint density at radius 3 is 2.45 bits per heavy atom. The maximum Gasteiger partial charge on any atom is 0.470 e. The number of carbonyl (C=O) groups is 1. The van der Waals surface area contributed by atoms with Gasteiger partial charge >= 0.3 is 13.8 Å². The summed E-state index contributed by atoms with van der Waals surface area (Å²) in [5.74, 6) is -0.339. The van der Waals surface area contributed by atoms with E-state index in [9.17, 15) is 9.36 Å². The lowest BCUT2D eigenvalue weighted by Gasteiger charge is -2.28. The van der Waals surface area contributed by atoms with Gasteiger partial charge in [0.25, 0.3) is 0 Å². The van der Waals surface area contributed by atoms with Gasteiger partial charge in [-0.25, -0.2) is 4.57 Å². The molecule has 0 radical (unpaired) electrons. The normalized spacial score (nSPS) is 12.2. The number of hydrogen-bond acceptors (Lipinski definition) is 4. The minimum atomic E-state index is -4.61. The third-order valence-corrected chi connectivity index (χ3v) is 3.53. The Balaban J connectivity index is 3.00. The maximum atomic E-state index is 11.2. The van der Waals surface area contributed by atoms with Crippen LogP contribution in [0.4, 0.5) is 0 Å². The van der Waals surface area contributed by atoms with Crippen LogP contribution in [0.1, 0.15) is 31.4 Å². The molecular formula is C13H19O6P. The summed E-state index contributed by atoms with van der Waals surface area (Å²) < 4.78 is 20.5. The van der Waals surface area contributed by atoms with E-state index in [2.05, 4.69) is 4.74 Å². The second-order valence-corrected chi connectivity index (χ2v) is 5.99. The molecule has 1 aromatic rings. The van der Waals surface area contributed by atoms with Crippen molar-refractivity contribution in [2.24, 2.45) is 0 Å². The predicted octanol–water partition coefficient (Wildman–Crippen LogP) is 2.14. The van der Waals surface area contributed by atoms with E-state index in [1.54, 1.807) is 38.1 Å². The standard InChI is InChI=1S/C13H19O6P/c1-13(2,19-20(15,16)17)11-7-5-4-6-10(11)8-9-12(14)18-3/h4-7H,8-9H2,1-3H3,(H2,15,16,17). The largest absolute Gasteiger partial charge is 0.470 e. The minimum Gasteiger partial charge on any atom is -0.469 e. The Labute approximate surface area is 118 Å². The molecule has 0 heterocycles. The molecule has 0 fully saturated rings. The molecule has 1 aromatic carbocycles. The third-order valence-electron chi connectivity index (χ3n) is 2.84. The molecule has 0 aromatic heterocycles. The van der Waals surface area contributed by atoms with Crippen LogP contribution in [-0.4, -0.2) is 22.9 Å². The lowest BCUT2D eigenvalue weighted by Crippen LogP contribution is -2.22. The van der Waals surface area contributed by atoms with Crippen LogP contribution in [-0.2, 0) is 30.6 Å². The summed E-state index contributed by atoms with van der Waals surface area (Å²) in [6.07, 6.45) is 0.607. The monoisotopic (exact) mass is 302 g/mol. The highest BCUT2D eigenvalue weighted by Crippen LogP contribution is 2.45. The van der Waals surface area contributed by atoms with Gasteiger partial charge < -0.3 is 14.5 Å². The van der Waals surface area contributed by atoms with Crippen LogP contribution in [0.5, 0.6) is 0 Å². The molecule has 0 spiro atoms. The molecule has 0 aliphatic rings. The van der Waals surface area contributed by atoms with Crippen molar-refractivity contribution >= 4 is 13.8 Å². The quantitative estimate of drug-likeness (QED) is 0.617. The molecule has 112 valence electrons. The molecule has 0 saturated carbocycles. The Hall–Kier alpha value is -1.20. The number of phosphoric acid groups is 1. The van der Waals surface area contributed by atoms with Crippen molar-refractivity contribution in [1.82, 2.24) is 0 Å². The Morgan fingerprint density at radius 2 is 1.90 bits per heavy atom. The van der Waals surface area contributed by atoms with Gasteiger partial charge in [-0.05, 0) is 31.4 Å². The fourth-order valence-electron chi connectivity index (χ4n) is 2.01. The number of rotatable bonds is 6. The second-order valence-electron chi connectivity index (χ2n) is 4.83. The zero-order chi connectivity index (χ0) is 15.4. The Bertz CT molecular complexity index is 519. The third kappa shape index (κ3) is 5.06. The first-order valence-corrected chi connectivity index (χ1v) is 7.60. The highest BCUT2D eigenvalue weighted by Gasteiger charge is 2.32. The summed E-state index contributed by atoms with van der Waals surface area (Å²) in [4.78, 5) is 29.1. The van der Waals surface area contributed by atoms with Gasteiger partial charge in [0.2, 0.25) is 0 Å². The Morgan fingerprint density at radius 1 is 1.30 bits per heavy atom. The van der Waals surface area contributed by atoms with E-state index in [1.165, 1.54) is 7.11 Å². The van der Waals surface area contributed by atoms with Crippen LogP contribution in [0.25, 0.3) is 0 Å². The van der Waals surface area contributed by atoms with Gasteiger partial charge in [-0.15, -0.1) is 0 Å². The zero-order valence-corrected chi connectivity index (χ0v) is 12.6. The fraction of sp³-hybridized carbons (Fsp3) is 0.462. The van der Waals surface area contributed by atoms with E-state index in [4.69, 9.17) is 14.3 Å². The molecule has 20 heavy (non-hydrogen) atoms. The number of carbonyl (C=O) groups excluding carboxylic acids is 1. The molecule has 0 saturated heterocycles. The molecule has 6 nitrogen and oxygen atoms in total. The summed E-state index contributed by atoms with van der Waals surface area (Å²) >= 11 is 0. The van der Waals surface area contributed by atoms with E-state index in [0.717, 1.165) is 5.56 Å². The smallest absolute Gasteiger partial charge is 0.469 e. The van der Waals surface area contributed by atoms with Crippen molar-refractivity contribution in [3.63, 3.8) is 0 Å². The summed E-state index contributed by atoms with van der Waals surface area (Å²) in [5, 5.41) is 0. The van der Waals surface area contributed by atoms with E-state index in [1.807, 2.05) is 0 Å². The van der Waals surface area contributed by atoms with Crippen LogP contribution in [0.3, 0.4) is 0 Å². The first kappa shape index (κ1) is 16.9. The van der Waals surface area contributed by atoms with Gasteiger partial charge in [0.05, 0.1) is 12.7 Å². The SMILES string of the molecule is COC(=O)CCc1ccccc1C(C)(C)OP(=O)(O)O. The van der Waals surface area contributed by atoms with Gasteiger partial charge in [0.15, 0.2) is 0 Å². The summed E-state index contributed by atoms with van der Waals surface area (Å²) in [5.41, 5.74) is 0.259. The number of methoxy groups -OCH3 is 1.